The maximum absolute atomic E-state index is 12.2. The predicted octanol–water partition coefficient (Wildman–Crippen LogP) is 5.72. The molecule has 100 valence electrons. The minimum atomic E-state index is -3.00. The van der Waals surface area contributed by atoms with Gasteiger partial charge in [-0.15, -0.1) is 0 Å². The van der Waals surface area contributed by atoms with Crippen LogP contribution in [-0.4, -0.2) is 21.0 Å². The molecule has 0 spiro atoms. The number of hydrogen-bond acceptors (Lipinski definition) is 3. The van der Waals surface area contributed by atoms with Crippen LogP contribution in [0, 0.1) is 0 Å². The van der Waals surface area contributed by atoms with Crippen LogP contribution in [0.3, 0.4) is 0 Å². The van der Waals surface area contributed by atoms with Gasteiger partial charge in [-0.25, -0.2) is 0 Å². The number of alkyl halides is 2. The third-order valence-corrected chi connectivity index (χ3v) is 9.25. The molecule has 5 unspecified atom stereocenters. The molecule has 2 aliphatic rings. The van der Waals surface area contributed by atoms with Crippen molar-refractivity contribution in [2.45, 2.75) is 59.5 Å². The van der Waals surface area contributed by atoms with E-state index in [0.717, 1.165) is 38.5 Å². The average molecular weight is 427 g/mol. The maximum Gasteiger partial charge on any atom is 0.346 e. The molecular formula is C10H16Br2ClO2PS. The quantitative estimate of drug-likeness (QED) is 0.425. The maximum atomic E-state index is 12.2. The van der Waals surface area contributed by atoms with Crippen LogP contribution in [0.15, 0.2) is 0 Å². The SMILES string of the molecule is O=P(Cl)(OC1CCC(Br)C1)SC1CCC(Br)C1. The summed E-state index contributed by atoms with van der Waals surface area (Å²) in [5.74, 6) is -3.00. The Bertz CT molecular complexity index is 295. The molecule has 0 aliphatic heterocycles. The predicted molar refractivity (Wildman–Crippen MR) is 82.8 cm³/mol. The van der Waals surface area contributed by atoms with E-state index in [1.807, 2.05) is 0 Å². The second-order valence-electron chi connectivity index (χ2n) is 4.71. The van der Waals surface area contributed by atoms with Gasteiger partial charge in [0, 0.05) is 14.9 Å². The van der Waals surface area contributed by atoms with E-state index in [1.54, 1.807) is 0 Å². The van der Waals surface area contributed by atoms with Crippen LogP contribution in [0.25, 0.3) is 0 Å². The fraction of sp³-hybridized carbons (Fsp3) is 1.00. The molecule has 0 radical (unpaired) electrons. The normalized spacial score (nSPS) is 41.6. The van der Waals surface area contributed by atoms with Crippen molar-refractivity contribution >= 4 is 60.4 Å². The second kappa shape index (κ2) is 6.49. The molecule has 2 rings (SSSR count). The Morgan fingerprint density at radius 2 is 1.76 bits per heavy atom. The summed E-state index contributed by atoms with van der Waals surface area (Å²) in [7, 11) is 0. The molecule has 0 aromatic carbocycles. The number of hydrogen-bond donors (Lipinski definition) is 0. The molecule has 0 aromatic heterocycles. The minimum Gasteiger partial charge on any atom is -0.307 e. The van der Waals surface area contributed by atoms with Crippen molar-refractivity contribution in [1.29, 1.82) is 0 Å². The van der Waals surface area contributed by atoms with E-state index >= 15 is 0 Å². The van der Waals surface area contributed by atoms with Crippen LogP contribution in [0.2, 0.25) is 0 Å². The van der Waals surface area contributed by atoms with Gasteiger partial charge in [-0.05, 0) is 49.8 Å². The lowest BCUT2D eigenvalue weighted by atomic mass is 10.3. The molecule has 0 saturated heterocycles. The van der Waals surface area contributed by atoms with E-state index in [1.165, 1.54) is 11.4 Å². The molecule has 0 bridgehead atoms. The zero-order chi connectivity index (χ0) is 12.5. The molecule has 0 amide bonds. The molecule has 7 heteroatoms. The molecule has 0 heterocycles. The third-order valence-electron chi connectivity index (χ3n) is 3.19. The summed E-state index contributed by atoms with van der Waals surface area (Å²) < 4.78 is 17.8. The fourth-order valence-corrected chi connectivity index (χ4v) is 9.01. The van der Waals surface area contributed by atoms with Crippen LogP contribution in [0.5, 0.6) is 0 Å². The van der Waals surface area contributed by atoms with Crippen LogP contribution in [-0.2, 0) is 9.09 Å². The average Bonchev–Trinajstić information content (AvgIpc) is 2.74. The Hall–Kier alpha value is 1.79. The van der Waals surface area contributed by atoms with Crippen molar-refractivity contribution in [2.24, 2.45) is 0 Å². The van der Waals surface area contributed by atoms with Gasteiger partial charge >= 0.3 is 5.92 Å². The molecule has 0 N–H and O–H groups in total. The van der Waals surface area contributed by atoms with Crippen molar-refractivity contribution in [3.05, 3.63) is 0 Å². The van der Waals surface area contributed by atoms with E-state index < -0.39 is 5.92 Å². The summed E-state index contributed by atoms with van der Waals surface area (Å²) in [6, 6.07) is 0. The molecule has 2 nitrogen and oxygen atoms in total. The first-order valence-electron chi connectivity index (χ1n) is 5.89. The summed E-state index contributed by atoms with van der Waals surface area (Å²) in [4.78, 5) is 1.04. The highest BCUT2D eigenvalue weighted by atomic mass is 79.9. The Morgan fingerprint density at radius 3 is 2.29 bits per heavy atom. The van der Waals surface area contributed by atoms with Gasteiger partial charge in [0.05, 0.1) is 6.10 Å². The molecule has 5 atom stereocenters. The highest BCUT2D eigenvalue weighted by molar-refractivity contribution is 9.09. The zero-order valence-electron chi connectivity index (χ0n) is 9.36. The molecule has 2 saturated carbocycles. The largest absolute Gasteiger partial charge is 0.346 e. The van der Waals surface area contributed by atoms with E-state index in [-0.39, 0.29) is 6.10 Å². The van der Waals surface area contributed by atoms with Crippen LogP contribution >= 0.6 is 60.4 Å². The van der Waals surface area contributed by atoms with Crippen molar-refractivity contribution in [3.63, 3.8) is 0 Å². The Balaban J connectivity index is 1.80. The van der Waals surface area contributed by atoms with Crippen LogP contribution < -0.4 is 0 Å². The lowest BCUT2D eigenvalue weighted by Gasteiger charge is -2.18. The minimum absolute atomic E-state index is 0.0661. The van der Waals surface area contributed by atoms with Gasteiger partial charge in [0.2, 0.25) is 0 Å². The molecule has 17 heavy (non-hydrogen) atoms. The van der Waals surface area contributed by atoms with Gasteiger partial charge in [0.25, 0.3) is 0 Å². The van der Waals surface area contributed by atoms with E-state index in [2.05, 4.69) is 31.9 Å². The first-order chi connectivity index (χ1) is 7.94. The summed E-state index contributed by atoms with van der Waals surface area (Å²) in [6.45, 7) is 0. The van der Waals surface area contributed by atoms with Crippen molar-refractivity contribution in [1.82, 2.24) is 0 Å². The van der Waals surface area contributed by atoms with Crippen molar-refractivity contribution in [3.8, 4) is 0 Å². The molecular weight excluding hydrogens is 410 g/mol. The molecule has 0 aromatic rings. The second-order valence-corrected chi connectivity index (χ2v) is 13.3. The monoisotopic (exact) mass is 424 g/mol. The summed E-state index contributed by atoms with van der Waals surface area (Å²) in [5.41, 5.74) is 0. The van der Waals surface area contributed by atoms with Crippen molar-refractivity contribution < 1.29 is 9.09 Å². The van der Waals surface area contributed by atoms with Gasteiger partial charge in [0.15, 0.2) is 0 Å². The molecule has 2 aliphatic carbocycles. The first-order valence-corrected chi connectivity index (χ1v) is 11.7. The summed E-state index contributed by atoms with van der Waals surface area (Å²) in [6.07, 6.45) is 6.28. The van der Waals surface area contributed by atoms with E-state index in [9.17, 15) is 4.57 Å². The van der Waals surface area contributed by atoms with E-state index in [0.29, 0.717) is 14.9 Å². The van der Waals surface area contributed by atoms with Crippen LogP contribution in [0.1, 0.15) is 38.5 Å². The molecule has 2 fully saturated rings. The van der Waals surface area contributed by atoms with Gasteiger partial charge in [0.1, 0.15) is 0 Å². The number of halogens is 3. The lowest BCUT2D eigenvalue weighted by molar-refractivity contribution is 0.227. The summed E-state index contributed by atoms with van der Waals surface area (Å²) in [5, 5.41) is 0.379. The fourth-order valence-electron chi connectivity index (χ4n) is 2.35. The Morgan fingerprint density at radius 1 is 1.12 bits per heavy atom. The topological polar surface area (TPSA) is 26.3 Å². The lowest BCUT2D eigenvalue weighted by Crippen LogP contribution is -2.05. The Labute approximate surface area is 128 Å². The Kier molecular flexibility index (Phi) is 5.80. The highest BCUT2D eigenvalue weighted by Gasteiger charge is 2.35. The van der Waals surface area contributed by atoms with Gasteiger partial charge in [-0.1, -0.05) is 43.2 Å². The summed E-state index contributed by atoms with van der Waals surface area (Å²) >= 11 is 14.6. The number of rotatable bonds is 4. The first kappa shape index (κ1) is 15.2. The van der Waals surface area contributed by atoms with Gasteiger partial charge in [-0.3, -0.25) is 4.57 Å². The third kappa shape index (κ3) is 5.00. The van der Waals surface area contributed by atoms with Gasteiger partial charge < -0.3 is 4.52 Å². The van der Waals surface area contributed by atoms with Crippen LogP contribution in [0.4, 0.5) is 0 Å². The van der Waals surface area contributed by atoms with Crippen molar-refractivity contribution in [2.75, 3.05) is 0 Å². The standard InChI is InChI=1S/C10H16Br2ClO2PS/c11-7-1-3-9(5-7)15-16(13,14)17-10-4-2-8(12)6-10/h7-10H,1-6H2. The van der Waals surface area contributed by atoms with Gasteiger partial charge in [-0.2, -0.15) is 0 Å². The van der Waals surface area contributed by atoms with E-state index in [4.69, 9.17) is 15.8 Å². The zero-order valence-corrected chi connectivity index (χ0v) is 15.0. The smallest absolute Gasteiger partial charge is 0.307 e. The highest BCUT2D eigenvalue weighted by Crippen LogP contribution is 2.69.